The highest BCUT2D eigenvalue weighted by Crippen LogP contribution is 2.38. The van der Waals surface area contributed by atoms with Crippen molar-refractivity contribution in [3.63, 3.8) is 0 Å². The third-order valence-corrected chi connectivity index (χ3v) is 4.04. The van der Waals surface area contributed by atoms with Gasteiger partial charge in [0.25, 0.3) is 0 Å². The number of hydrogen-bond donors (Lipinski definition) is 1. The fourth-order valence-corrected chi connectivity index (χ4v) is 2.95. The van der Waals surface area contributed by atoms with Crippen molar-refractivity contribution < 1.29 is 0 Å². The molecule has 1 unspecified atom stereocenters. The van der Waals surface area contributed by atoms with E-state index in [-0.39, 0.29) is 5.54 Å². The summed E-state index contributed by atoms with van der Waals surface area (Å²) in [7, 11) is 0. The molecule has 1 aromatic carbocycles. The maximum absolute atomic E-state index is 6.34. The zero-order valence-corrected chi connectivity index (χ0v) is 13.0. The van der Waals surface area contributed by atoms with E-state index in [0.717, 1.165) is 12.1 Å². The molecule has 0 saturated carbocycles. The van der Waals surface area contributed by atoms with E-state index in [1.165, 1.54) is 0 Å². The van der Waals surface area contributed by atoms with Crippen LogP contribution >= 0.6 is 23.2 Å². The van der Waals surface area contributed by atoms with Crippen LogP contribution in [0.5, 0.6) is 0 Å². The Bertz CT molecular complexity index is 513. The Balaban J connectivity index is 2.43. The van der Waals surface area contributed by atoms with E-state index in [1.54, 1.807) is 6.07 Å². The molecule has 0 fully saturated rings. The zero-order valence-electron chi connectivity index (χ0n) is 11.5. The van der Waals surface area contributed by atoms with Crippen LogP contribution in [0.4, 0.5) is 0 Å². The first-order chi connectivity index (χ1) is 8.84. The zero-order chi connectivity index (χ0) is 14.2. The smallest absolute Gasteiger partial charge is 0.192 e. The van der Waals surface area contributed by atoms with E-state index >= 15 is 0 Å². The predicted octanol–water partition coefficient (Wildman–Crippen LogP) is 3.49. The minimum absolute atomic E-state index is 0.323. The van der Waals surface area contributed by atoms with Crippen molar-refractivity contribution >= 4 is 29.2 Å². The van der Waals surface area contributed by atoms with Crippen molar-refractivity contribution in [2.75, 3.05) is 13.1 Å². The Morgan fingerprint density at radius 1 is 1.42 bits per heavy atom. The number of rotatable bonds is 3. The van der Waals surface area contributed by atoms with Crippen molar-refractivity contribution in [3.05, 3.63) is 33.8 Å². The molecule has 0 aromatic heterocycles. The molecule has 2 rings (SSSR count). The van der Waals surface area contributed by atoms with Gasteiger partial charge in [-0.15, -0.1) is 0 Å². The van der Waals surface area contributed by atoms with Gasteiger partial charge in [-0.1, -0.05) is 37.0 Å². The summed E-state index contributed by atoms with van der Waals surface area (Å²) in [5.41, 5.74) is 6.68. The number of nitrogens with two attached hydrogens (primary N) is 1. The molecule has 2 N–H and O–H groups in total. The first-order valence-electron chi connectivity index (χ1n) is 6.37. The second kappa shape index (κ2) is 5.22. The second-order valence-electron chi connectivity index (χ2n) is 5.58. The number of nitrogens with zero attached hydrogens (tertiary/aromatic N) is 2. The Labute approximate surface area is 124 Å². The molecule has 1 atom stereocenters. The van der Waals surface area contributed by atoms with Gasteiger partial charge in [-0.2, -0.15) is 0 Å². The molecule has 0 saturated heterocycles. The molecule has 1 aromatic rings. The molecule has 1 heterocycles. The van der Waals surface area contributed by atoms with Crippen molar-refractivity contribution in [1.82, 2.24) is 4.90 Å². The standard InChI is InChI=1S/C14H19Cl2N3/c1-9(2)7-19-13(17)18-8-14(19,3)11-6-10(15)4-5-12(11)16/h4-6,9H,7-8H2,1-3H3,(H2,17,18). The van der Waals surface area contributed by atoms with Gasteiger partial charge in [0.2, 0.25) is 0 Å². The molecule has 3 nitrogen and oxygen atoms in total. The monoisotopic (exact) mass is 299 g/mol. The lowest BCUT2D eigenvalue weighted by Gasteiger charge is -2.38. The lowest BCUT2D eigenvalue weighted by atomic mass is 9.90. The lowest BCUT2D eigenvalue weighted by molar-refractivity contribution is 0.204. The van der Waals surface area contributed by atoms with Crippen LogP contribution in [-0.4, -0.2) is 23.9 Å². The van der Waals surface area contributed by atoms with E-state index < -0.39 is 0 Å². The van der Waals surface area contributed by atoms with Gasteiger partial charge < -0.3 is 10.6 Å². The van der Waals surface area contributed by atoms with Crippen LogP contribution in [0, 0.1) is 5.92 Å². The van der Waals surface area contributed by atoms with Gasteiger partial charge >= 0.3 is 0 Å². The van der Waals surface area contributed by atoms with E-state index in [2.05, 4.69) is 30.7 Å². The van der Waals surface area contributed by atoms with E-state index in [4.69, 9.17) is 28.9 Å². The Morgan fingerprint density at radius 3 is 2.74 bits per heavy atom. The molecule has 0 bridgehead atoms. The van der Waals surface area contributed by atoms with Gasteiger partial charge in [0, 0.05) is 16.6 Å². The van der Waals surface area contributed by atoms with Gasteiger partial charge in [-0.25, -0.2) is 0 Å². The molecule has 0 spiro atoms. The van der Waals surface area contributed by atoms with E-state index in [9.17, 15) is 0 Å². The third-order valence-electron chi connectivity index (χ3n) is 3.48. The maximum Gasteiger partial charge on any atom is 0.192 e. The van der Waals surface area contributed by atoms with Gasteiger partial charge in [-0.3, -0.25) is 4.99 Å². The van der Waals surface area contributed by atoms with Crippen molar-refractivity contribution in [3.8, 4) is 0 Å². The molecular weight excluding hydrogens is 281 g/mol. The number of aliphatic imine (C=N–C) groups is 1. The Morgan fingerprint density at radius 2 is 2.11 bits per heavy atom. The summed E-state index contributed by atoms with van der Waals surface area (Å²) in [6.45, 7) is 7.87. The van der Waals surface area contributed by atoms with Crippen molar-refractivity contribution in [2.24, 2.45) is 16.6 Å². The second-order valence-corrected chi connectivity index (χ2v) is 6.42. The number of guanidine groups is 1. The van der Waals surface area contributed by atoms with Crippen molar-refractivity contribution in [1.29, 1.82) is 0 Å². The molecule has 0 amide bonds. The number of benzene rings is 1. The molecule has 1 aliphatic heterocycles. The highest BCUT2D eigenvalue weighted by molar-refractivity contribution is 6.33. The molecule has 0 aliphatic carbocycles. The molecule has 104 valence electrons. The predicted molar refractivity (Wildman–Crippen MR) is 81.8 cm³/mol. The van der Waals surface area contributed by atoms with Crippen LogP contribution < -0.4 is 5.73 Å². The minimum atomic E-state index is -0.323. The molecule has 5 heteroatoms. The van der Waals surface area contributed by atoms with Crippen LogP contribution in [0.1, 0.15) is 26.3 Å². The third kappa shape index (κ3) is 2.67. The Kier molecular flexibility index (Phi) is 3.98. The van der Waals surface area contributed by atoms with E-state index in [0.29, 0.717) is 28.5 Å². The quantitative estimate of drug-likeness (QED) is 0.928. The lowest BCUT2D eigenvalue weighted by Crippen LogP contribution is -2.49. The maximum atomic E-state index is 6.34. The van der Waals surface area contributed by atoms with Crippen LogP contribution in [0.15, 0.2) is 23.2 Å². The fraction of sp³-hybridized carbons (Fsp3) is 0.500. The van der Waals surface area contributed by atoms with Crippen LogP contribution in [0.3, 0.4) is 0 Å². The average Bonchev–Trinajstić information content (AvgIpc) is 2.61. The summed E-state index contributed by atoms with van der Waals surface area (Å²) in [6.07, 6.45) is 0. The van der Waals surface area contributed by atoms with Crippen molar-refractivity contribution in [2.45, 2.75) is 26.3 Å². The summed E-state index contributed by atoms with van der Waals surface area (Å²) in [6, 6.07) is 5.53. The van der Waals surface area contributed by atoms with Gasteiger partial charge in [0.05, 0.1) is 12.1 Å². The van der Waals surface area contributed by atoms with Gasteiger partial charge in [-0.05, 0) is 36.6 Å². The summed E-state index contributed by atoms with van der Waals surface area (Å²) in [4.78, 5) is 6.51. The highest BCUT2D eigenvalue weighted by Gasteiger charge is 2.41. The normalized spacial score (nSPS) is 23.1. The Hall–Kier alpha value is -0.930. The van der Waals surface area contributed by atoms with Crippen LogP contribution in [0.2, 0.25) is 10.0 Å². The highest BCUT2D eigenvalue weighted by atomic mass is 35.5. The first kappa shape index (κ1) is 14.5. The largest absolute Gasteiger partial charge is 0.370 e. The molecule has 0 radical (unpaired) electrons. The van der Waals surface area contributed by atoms with E-state index in [1.807, 2.05) is 12.1 Å². The van der Waals surface area contributed by atoms with Gasteiger partial charge in [0.1, 0.15) is 0 Å². The SMILES string of the molecule is CC(C)CN1C(N)=NCC1(C)c1cc(Cl)ccc1Cl. The van der Waals surface area contributed by atoms with Crippen LogP contribution in [-0.2, 0) is 5.54 Å². The average molecular weight is 300 g/mol. The topological polar surface area (TPSA) is 41.6 Å². The molecular formula is C14H19Cl2N3. The summed E-state index contributed by atoms with van der Waals surface area (Å²) >= 11 is 12.4. The summed E-state index contributed by atoms with van der Waals surface area (Å²) in [5, 5.41) is 1.38. The molecule has 1 aliphatic rings. The van der Waals surface area contributed by atoms with Crippen LogP contribution in [0.25, 0.3) is 0 Å². The summed E-state index contributed by atoms with van der Waals surface area (Å²) in [5.74, 6) is 1.07. The molecule has 19 heavy (non-hydrogen) atoms. The van der Waals surface area contributed by atoms with Gasteiger partial charge in [0.15, 0.2) is 5.96 Å². The number of halogens is 2. The minimum Gasteiger partial charge on any atom is -0.370 e. The fourth-order valence-electron chi connectivity index (χ4n) is 2.46. The first-order valence-corrected chi connectivity index (χ1v) is 7.13. The summed E-state index contributed by atoms with van der Waals surface area (Å²) < 4.78 is 0. The number of hydrogen-bond acceptors (Lipinski definition) is 3.